The fraction of sp³-hybridized carbons (Fsp3) is 0.275. The molecule has 2 amide bonds. The minimum Gasteiger partial charge on any atom is -0.268 e. The van der Waals surface area contributed by atoms with Crippen molar-refractivity contribution in [2.45, 2.75) is 82.1 Å². The number of nitrogens with zero attached hydrogens (tertiary/aromatic N) is 1. The molecule has 1 fully saturated rings. The SMILES string of the molecule is CC.CC.CC.CC.CC.O=C1c2ccc3c4ccc5[cH-]c6cccc7cccc(c8ccc(c9ccc(c2c39)C(=O)N1C1=CC=CCC2CC12)c4c58)c76.[Po].[Y]. The quantitative estimate of drug-likeness (QED) is 0.0711. The van der Waals surface area contributed by atoms with Crippen LogP contribution < -0.4 is 0 Å². The van der Waals surface area contributed by atoms with Crippen LogP contribution in [0.4, 0.5) is 0 Å². The summed E-state index contributed by atoms with van der Waals surface area (Å²) in [5.41, 5.74) is 2.09. The third kappa shape index (κ3) is 6.97. The molecule has 11 rings (SSSR count). The van der Waals surface area contributed by atoms with Gasteiger partial charge in [0.2, 0.25) is 0 Å². The Kier molecular flexibility index (Phi) is 15.7. The van der Waals surface area contributed by atoms with Crippen LogP contribution in [-0.4, -0.2) is 43.3 Å². The molecule has 3 aliphatic rings. The van der Waals surface area contributed by atoms with Crippen LogP contribution in [0.25, 0.3) is 75.4 Å². The molecule has 5 heteroatoms. The summed E-state index contributed by atoms with van der Waals surface area (Å²) in [5.74, 6) is 0.395. The second-order valence-corrected chi connectivity index (χ2v) is 12.9. The molecule has 1 aliphatic heterocycles. The zero-order valence-corrected chi connectivity index (χ0v) is 40.7. The minimum absolute atomic E-state index is 0. The molecule has 0 spiro atoms. The standard InChI is InChI=1S/C41H24NO2.5C2H6.Po.Y/c43-40-31-17-15-29-27-12-11-24-19-23-8-3-6-21-7-4-9-25(35(21)23)26-13-14-28(37(27)36(24)26)30-16-18-32(39(31)38(29)30)41(44)42(40)34-10-2-1-5-22-20-33(22)34;5*1-2;;/h1-4,6-19,22,33H,5,20H2;5*1-2H3;;/q-1;;;;;;;. The Balaban J connectivity index is 0.000000542. The fourth-order valence-corrected chi connectivity index (χ4v) is 8.72. The van der Waals surface area contributed by atoms with Gasteiger partial charge < -0.3 is 0 Å². The van der Waals surface area contributed by atoms with Crippen molar-refractivity contribution in [3.8, 4) is 0 Å². The van der Waals surface area contributed by atoms with E-state index in [1.54, 1.807) is 0 Å². The Morgan fingerprint density at radius 3 is 1.59 bits per heavy atom. The van der Waals surface area contributed by atoms with Crippen molar-refractivity contribution in [3.63, 3.8) is 0 Å². The number of allylic oxidation sites excluding steroid dienone is 4. The van der Waals surface area contributed by atoms with Crippen molar-refractivity contribution in [1.29, 1.82) is 0 Å². The molecule has 0 saturated heterocycles. The summed E-state index contributed by atoms with van der Waals surface area (Å²) in [6, 6.07) is 32.6. The van der Waals surface area contributed by atoms with E-state index < -0.39 is 0 Å². The molecule has 0 aromatic heterocycles. The summed E-state index contributed by atoms with van der Waals surface area (Å²) in [5, 5.41) is 16.3. The summed E-state index contributed by atoms with van der Waals surface area (Å²) in [6.07, 6.45) is 8.19. The first-order valence-corrected chi connectivity index (χ1v) is 20.5. The summed E-state index contributed by atoms with van der Waals surface area (Å²) in [4.78, 5) is 29.8. The first-order valence-electron chi connectivity index (χ1n) is 20.5. The molecule has 8 aromatic rings. The summed E-state index contributed by atoms with van der Waals surface area (Å²) >= 11 is 0. The van der Waals surface area contributed by atoms with Crippen LogP contribution in [0.5, 0.6) is 0 Å². The average Bonchev–Trinajstić information content (AvgIpc) is 4.06. The number of carbonyl (C=O) groups excluding carboxylic acids is 2. The van der Waals surface area contributed by atoms with Gasteiger partial charge in [-0.05, 0) is 69.3 Å². The number of hydrogen-bond acceptors (Lipinski definition) is 2. The zero-order valence-electron chi connectivity index (χ0n) is 34.7. The summed E-state index contributed by atoms with van der Waals surface area (Å²) in [6.45, 7) is 20.0. The van der Waals surface area contributed by atoms with Crippen molar-refractivity contribution in [3.05, 3.63) is 126 Å². The van der Waals surface area contributed by atoms with Gasteiger partial charge in [-0.15, -0.1) is 29.0 Å². The molecule has 3 radical (unpaired) electrons. The Labute approximate surface area is 377 Å². The van der Waals surface area contributed by atoms with Gasteiger partial charge in [0.25, 0.3) is 11.8 Å². The molecular weight excluding hydrogens is 956 g/mol. The van der Waals surface area contributed by atoms with Crippen molar-refractivity contribution in [1.82, 2.24) is 4.90 Å². The predicted molar refractivity (Wildman–Crippen MR) is 242 cm³/mol. The number of imide groups is 1. The Morgan fingerprint density at radius 2 is 1.00 bits per heavy atom. The molecule has 0 bridgehead atoms. The smallest absolute Gasteiger partial charge is 0.265 e. The monoisotopic (exact) mass is 1010 g/mol. The van der Waals surface area contributed by atoms with Gasteiger partial charge in [0.05, 0.1) is 0 Å². The largest absolute Gasteiger partial charge is 0.268 e. The third-order valence-electron chi connectivity index (χ3n) is 10.7. The molecule has 2 aliphatic carbocycles. The third-order valence-corrected chi connectivity index (χ3v) is 10.7. The van der Waals surface area contributed by atoms with Gasteiger partial charge in [-0.1, -0.05) is 169 Å². The predicted octanol–water partition coefficient (Wildman–Crippen LogP) is 14.7. The number of rotatable bonds is 1. The molecule has 1 heterocycles. The van der Waals surface area contributed by atoms with Crippen molar-refractivity contribution < 1.29 is 42.3 Å². The van der Waals surface area contributed by atoms with Gasteiger partial charge in [0.15, 0.2) is 0 Å². The van der Waals surface area contributed by atoms with E-state index in [2.05, 4.69) is 84.9 Å². The minimum atomic E-state index is -0.202. The van der Waals surface area contributed by atoms with E-state index in [0.717, 1.165) is 50.9 Å². The number of fused-ring (bicyclic) bond motifs is 4. The maximum atomic E-state index is 14.2. The Bertz CT molecular complexity index is 2660. The molecule has 0 N–H and O–H groups in total. The summed E-state index contributed by atoms with van der Waals surface area (Å²) < 4.78 is 0. The van der Waals surface area contributed by atoms with Crippen LogP contribution in [0.3, 0.4) is 0 Å². The van der Waals surface area contributed by atoms with Gasteiger partial charge in [-0.25, -0.2) is 4.90 Å². The molecule has 8 aromatic carbocycles. The Morgan fingerprint density at radius 1 is 0.536 bits per heavy atom. The van der Waals surface area contributed by atoms with E-state index in [1.165, 1.54) is 48.0 Å². The maximum Gasteiger partial charge on any atom is 0.265 e. The van der Waals surface area contributed by atoms with E-state index in [-0.39, 0.29) is 77.0 Å². The number of benzene rings is 7. The first kappa shape index (κ1) is 45.3. The van der Waals surface area contributed by atoms with E-state index in [9.17, 15) is 9.59 Å². The van der Waals surface area contributed by atoms with Crippen LogP contribution in [0.2, 0.25) is 0 Å². The van der Waals surface area contributed by atoms with Gasteiger partial charge in [0.1, 0.15) is 0 Å². The van der Waals surface area contributed by atoms with Gasteiger partial charge in [-0.3, -0.25) is 9.59 Å². The van der Waals surface area contributed by atoms with Gasteiger partial charge in [0, 0.05) is 87.4 Å². The second-order valence-electron chi connectivity index (χ2n) is 12.9. The van der Waals surface area contributed by atoms with E-state index in [1.807, 2.05) is 93.5 Å². The van der Waals surface area contributed by atoms with Crippen molar-refractivity contribution in [2.75, 3.05) is 0 Å². The van der Waals surface area contributed by atoms with E-state index in [0.29, 0.717) is 17.0 Å². The first-order chi connectivity index (χ1) is 26.7. The number of amides is 2. The van der Waals surface area contributed by atoms with Gasteiger partial charge >= 0.3 is 0 Å². The number of carbonyl (C=O) groups is 2. The van der Waals surface area contributed by atoms with E-state index in [4.69, 9.17) is 0 Å². The van der Waals surface area contributed by atoms with E-state index >= 15 is 0 Å². The molecule has 3 nitrogen and oxygen atoms in total. The molecular formula is C51H54NO2PoY-. The topological polar surface area (TPSA) is 37.4 Å². The maximum absolute atomic E-state index is 14.2. The van der Waals surface area contributed by atoms with Crippen LogP contribution in [0, 0.1) is 11.8 Å². The Hall–Kier alpha value is -3.41. The van der Waals surface area contributed by atoms with Crippen LogP contribution in [0.1, 0.15) is 103 Å². The normalized spacial score (nSPS) is 16.0. The summed E-state index contributed by atoms with van der Waals surface area (Å²) in [7, 11) is 0. The molecule has 56 heavy (non-hydrogen) atoms. The molecule has 1 saturated carbocycles. The molecule has 2 unspecified atom stereocenters. The van der Waals surface area contributed by atoms with Crippen molar-refractivity contribution >= 4 is 114 Å². The number of hydrogen-bond donors (Lipinski definition) is 0. The van der Waals surface area contributed by atoms with Crippen LogP contribution in [-0.2, 0) is 32.7 Å². The fourth-order valence-electron chi connectivity index (χ4n) is 8.72. The van der Waals surface area contributed by atoms with Crippen LogP contribution >= 0.6 is 0 Å². The average molecular weight is 1010 g/mol. The molecule has 2 atom stereocenters. The molecule has 285 valence electrons. The zero-order chi connectivity index (χ0) is 38.8. The van der Waals surface area contributed by atoms with Crippen LogP contribution in [0.15, 0.2) is 115 Å². The van der Waals surface area contributed by atoms with Gasteiger partial charge in [-0.2, -0.15) is 0 Å². The van der Waals surface area contributed by atoms with Crippen molar-refractivity contribution in [2.24, 2.45) is 11.8 Å². The second kappa shape index (κ2) is 19.4.